The zero-order valence-corrected chi connectivity index (χ0v) is 15.5. The zero-order chi connectivity index (χ0) is 19.0. The van der Waals surface area contributed by atoms with Crippen LogP contribution in [0.5, 0.6) is 0 Å². The zero-order valence-electron chi connectivity index (χ0n) is 14.7. The average molecular weight is 385 g/mol. The highest BCUT2D eigenvalue weighted by Gasteiger charge is 2.24. The van der Waals surface area contributed by atoms with Crippen LogP contribution in [0.2, 0.25) is 0 Å². The number of sulfonamides is 1. The Labute approximate surface area is 156 Å². The molecule has 1 aliphatic rings. The Morgan fingerprint density at radius 2 is 2.04 bits per heavy atom. The molecule has 140 valence electrons. The summed E-state index contributed by atoms with van der Waals surface area (Å²) >= 11 is 0. The van der Waals surface area contributed by atoms with Gasteiger partial charge in [-0.25, -0.2) is 18.1 Å². The third-order valence-electron chi connectivity index (χ3n) is 4.42. The Morgan fingerprint density at radius 3 is 2.81 bits per heavy atom. The Morgan fingerprint density at radius 1 is 1.22 bits per heavy atom. The second-order valence-corrected chi connectivity index (χ2v) is 8.46. The molecule has 7 nitrogen and oxygen atoms in total. The lowest BCUT2D eigenvalue weighted by Gasteiger charge is -2.09. The first-order chi connectivity index (χ1) is 12.9. The molecule has 4 rings (SSSR count). The van der Waals surface area contributed by atoms with Gasteiger partial charge in [-0.3, -0.25) is 4.79 Å². The smallest absolute Gasteiger partial charge is 0.255 e. The molecule has 1 amide bonds. The van der Waals surface area contributed by atoms with E-state index in [2.05, 4.69) is 15.0 Å². The number of nitrogens with one attached hydrogen (secondary N) is 2. The van der Waals surface area contributed by atoms with E-state index in [1.807, 2.05) is 0 Å². The summed E-state index contributed by atoms with van der Waals surface area (Å²) in [6, 6.07) is 11.1. The van der Waals surface area contributed by atoms with Gasteiger partial charge in [-0.2, -0.15) is 0 Å². The van der Waals surface area contributed by atoms with Crippen LogP contribution >= 0.6 is 0 Å². The predicted octanol–water partition coefficient (Wildman–Crippen LogP) is 3.08. The molecule has 1 heterocycles. The van der Waals surface area contributed by atoms with Crippen LogP contribution in [-0.4, -0.2) is 25.9 Å². The van der Waals surface area contributed by atoms with Crippen molar-refractivity contribution in [3.8, 4) is 0 Å². The van der Waals surface area contributed by atoms with Gasteiger partial charge in [-0.1, -0.05) is 6.07 Å². The maximum atomic E-state index is 12.5. The minimum absolute atomic E-state index is 0.0818. The van der Waals surface area contributed by atoms with Crippen molar-refractivity contribution in [2.45, 2.75) is 24.7 Å². The van der Waals surface area contributed by atoms with Gasteiger partial charge in [-0.05, 0) is 55.2 Å². The minimum atomic E-state index is -3.62. The number of amides is 1. The van der Waals surface area contributed by atoms with Gasteiger partial charge in [0.15, 0.2) is 11.5 Å². The number of carbonyl (C=O) groups is 1. The molecule has 0 radical (unpaired) electrons. The number of hydrogen-bond donors (Lipinski definition) is 2. The molecule has 0 unspecified atom stereocenters. The highest BCUT2D eigenvalue weighted by molar-refractivity contribution is 7.89. The van der Waals surface area contributed by atoms with Gasteiger partial charge in [0.25, 0.3) is 5.91 Å². The van der Waals surface area contributed by atoms with Crippen molar-refractivity contribution in [1.29, 1.82) is 0 Å². The summed E-state index contributed by atoms with van der Waals surface area (Å²) < 4.78 is 32.8. The van der Waals surface area contributed by atoms with Gasteiger partial charge in [0.05, 0.1) is 4.90 Å². The number of fused-ring (bicyclic) bond motifs is 1. The summed E-state index contributed by atoms with van der Waals surface area (Å²) in [6.07, 6.45) is 2.11. The van der Waals surface area contributed by atoms with Gasteiger partial charge in [0.2, 0.25) is 10.0 Å². The summed E-state index contributed by atoms with van der Waals surface area (Å²) in [5.41, 5.74) is 2.10. The first kappa shape index (κ1) is 17.7. The molecule has 3 aromatic rings. The normalized spacial score (nSPS) is 14.4. The van der Waals surface area contributed by atoms with Gasteiger partial charge in [0, 0.05) is 24.7 Å². The Kier molecular flexibility index (Phi) is 4.45. The SMILES string of the molecule is Cc1nc2cc(NC(=O)c3cccc(S(=O)(=O)NCC4CC4)c3)ccc2o1. The lowest BCUT2D eigenvalue weighted by Crippen LogP contribution is -2.26. The molecule has 0 bridgehead atoms. The Balaban J connectivity index is 1.52. The maximum Gasteiger partial charge on any atom is 0.255 e. The van der Waals surface area contributed by atoms with Crippen molar-refractivity contribution in [2.75, 3.05) is 11.9 Å². The summed E-state index contributed by atoms with van der Waals surface area (Å²) in [5.74, 6) is 0.584. The van der Waals surface area contributed by atoms with Crippen LogP contribution in [0.1, 0.15) is 29.1 Å². The van der Waals surface area contributed by atoms with Gasteiger partial charge < -0.3 is 9.73 Å². The Hall–Kier alpha value is -2.71. The monoisotopic (exact) mass is 385 g/mol. The molecule has 1 saturated carbocycles. The van der Waals surface area contributed by atoms with Crippen LogP contribution in [-0.2, 0) is 10.0 Å². The Bertz CT molecular complexity index is 1120. The van der Waals surface area contributed by atoms with Crippen LogP contribution in [0, 0.1) is 12.8 Å². The van der Waals surface area contributed by atoms with Crippen molar-refractivity contribution in [3.05, 3.63) is 53.9 Å². The fourth-order valence-corrected chi connectivity index (χ4v) is 3.92. The number of nitrogens with zero attached hydrogens (tertiary/aromatic N) is 1. The average Bonchev–Trinajstić information content (AvgIpc) is 3.40. The highest BCUT2D eigenvalue weighted by atomic mass is 32.2. The number of aromatic nitrogens is 1. The first-order valence-corrected chi connectivity index (χ1v) is 10.2. The van der Waals surface area contributed by atoms with Gasteiger partial charge in [-0.15, -0.1) is 0 Å². The first-order valence-electron chi connectivity index (χ1n) is 8.69. The fourth-order valence-electron chi connectivity index (χ4n) is 2.76. The van der Waals surface area contributed by atoms with Crippen molar-refractivity contribution < 1.29 is 17.6 Å². The third kappa shape index (κ3) is 4.01. The van der Waals surface area contributed by atoms with Crippen molar-refractivity contribution in [1.82, 2.24) is 9.71 Å². The molecule has 0 aliphatic heterocycles. The van der Waals surface area contributed by atoms with Gasteiger partial charge in [0.1, 0.15) is 5.52 Å². The molecular weight excluding hydrogens is 366 g/mol. The fraction of sp³-hybridized carbons (Fsp3) is 0.263. The lowest BCUT2D eigenvalue weighted by molar-refractivity contribution is 0.102. The molecule has 0 atom stereocenters. The molecule has 27 heavy (non-hydrogen) atoms. The van der Waals surface area contributed by atoms with Crippen molar-refractivity contribution in [2.24, 2.45) is 5.92 Å². The second-order valence-electron chi connectivity index (χ2n) is 6.69. The van der Waals surface area contributed by atoms with E-state index in [0.29, 0.717) is 35.1 Å². The van der Waals surface area contributed by atoms with Crippen LogP contribution in [0.3, 0.4) is 0 Å². The number of hydrogen-bond acceptors (Lipinski definition) is 5. The molecule has 2 N–H and O–H groups in total. The van der Waals surface area contributed by atoms with E-state index in [4.69, 9.17) is 4.42 Å². The molecule has 1 aromatic heterocycles. The van der Waals surface area contributed by atoms with E-state index >= 15 is 0 Å². The molecule has 0 saturated heterocycles. The molecule has 2 aromatic carbocycles. The van der Waals surface area contributed by atoms with Crippen molar-refractivity contribution >= 4 is 32.7 Å². The van der Waals surface area contributed by atoms with Crippen LogP contribution < -0.4 is 10.0 Å². The second kappa shape index (κ2) is 6.79. The van der Waals surface area contributed by atoms with E-state index in [0.717, 1.165) is 12.8 Å². The number of rotatable bonds is 6. The highest BCUT2D eigenvalue weighted by Crippen LogP contribution is 2.28. The summed E-state index contributed by atoms with van der Waals surface area (Å²) in [5, 5.41) is 2.76. The van der Waals surface area contributed by atoms with E-state index < -0.39 is 15.9 Å². The maximum absolute atomic E-state index is 12.5. The number of anilines is 1. The standard InChI is InChI=1S/C19H19N3O4S/c1-12-21-17-10-15(7-8-18(17)26-12)22-19(23)14-3-2-4-16(9-14)27(24,25)20-11-13-5-6-13/h2-4,7-10,13,20H,5-6,11H2,1H3,(H,22,23). The third-order valence-corrected chi connectivity index (χ3v) is 5.84. The van der Waals surface area contributed by atoms with Crippen LogP contribution in [0.25, 0.3) is 11.1 Å². The van der Waals surface area contributed by atoms with E-state index in [1.54, 1.807) is 37.3 Å². The summed E-state index contributed by atoms with van der Waals surface area (Å²) in [4.78, 5) is 16.9. The molecule has 1 fully saturated rings. The molecule has 8 heteroatoms. The summed E-state index contributed by atoms with van der Waals surface area (Å²) in [6.45, 7) is 2.19. The topological polar surface area (TPSA) is 101 Å². The van der Waals surface area contributed by atoms with Crippen molar-refractivity contribution in [3.63, 3.8) is 0 Å². The number of oxazole rings is 1. The predicted molar refractivity (Wildman–Crippen MR) is 101 cm³/mol. The minimum Gasteiger partial charge on any atom is -0.441 e. The number of benzene rings is 2. The lowest BCUT2D eigenvalue weighted by atomic mass is 10.2. The van der Waals surface area contributed by atoms with Crippen LogP contribution in [0.15, 0.2) is 51.8 Å². The largest absolute Gasteiger partial charge is 0.441 e. The quantitative estimate of drug-likeness (QED) is 0.679. The number of carbonyl (C=O) groups excluding carboxylic acids is 1. The molecule has 0 spiro atoms. The van der Waals surface area contributed by atoms with Gasteiger partial charge >= 0.3 is 0 Å². The van der Waals surface area contributed by atoms with E-state index in [-0.39, 0.29) is 10.5 Å². The molecule has 1 aliphatic carbocycles. The van der Waals surface area contributed by atoms with Crippen LogP contribution in [0.4, 0.5) is 5.69 Å². The molecular formula is C19H19N3O4S. The van der Waals surface area contributed by atoms with E-state index in [9.17, 15) is 13.2 Å². The number of aryl methyl sites for hydroxylation is 1. The van der Waals surface area contributed by atoms with E-state index in [1.165, 1.54) is 12.1 Å². The summed E-state index contributed by atoms with van der Waals surface area (Å²) in [7, 11) is -3.62.